The number of benzene rings is 1. The number of nitrogens with zero attached hydrogens (tertiary/aromatic N) is 1. The average molecular weight is 287 g/mol. The van der Waals surface area contributed by atoms with Crippen molar-refractivity contribution in [2.75, 3.05) is 18.0 Å². The third-order valence-corrected chi connectivity index (χ3v) is 4.58. The zero-order valence-corrected chi connectivity index (χ0v) is 12.9. The summed E-state index contributed by atoms with van der Waals surface area (Å²) >= 11 is 0. The predicted molar refractivity (Wildman–Crippen MR) is 85.3 cm³/mol. The number of carbonyl (C=O) groups is 1. The van der Waals surface area contributed by atoms with Crippen LogP contribution < -0.4 is 15.5 Å². The Kier molecular flexibility index (Phi) is 4.15. The van der Waals surface area contributed by atoms with Gasteiger partial charge in [-0.25, -0.2) is 0 Å². The van der Waals surface area contributed by atoms with E-state index in [0.717, 1.165) is 32.5 Å². The minimum atomic E-state index is 0.182. The average Bonchev–Trinajstić information content (AvgIpc) is 2.87. The van der Waals surface area contributed by atoms with Gasteiger partial charge >= 0.3 is 0 Å². The Labute approximate surface area is 126 Å². The molecule has 114 valence electrons. The summed E-state index contributed by atoms with van der Waals surface area (Å²) in [6, 6.07) is 9.62. The smallest absolute Gasteiger partial charge is 0.225 e. The van der Waals surface area contributed by atoms with Gasteiger partial charge in [0.05, 0.1) is 12.0 Å². The molecule has 0 aromatic heterocycles. The van der Waals surface area contributed by atoms with Crippen LogP contribution in [0.3, 0.4) is 0 Å². The molecule has 0 bridgehead atoms. The minimum absolute atomic E-state index is 0.182. The van der Waals surface area contributed by atoms with Crippen LogP contribution in [-0.2, 0) is 11.3 Å². The Morgan fingerprint density at radius 2 is 2.10 bits per heavy atom. The van der Waals surface area contributed by atoms with Gasteiger partial charge in [-0.1, -0.05) is 26.0 Å². The first-order valence-corrected chi connectivity index (χ1v) is 8.02. The van der Waals surface area contributed by atoms with Crippen molar-refractivity contribution in [3.8, 4) is 0 Å². The van der Waals surface area contributed by atoms with Crippen molar-refractivity contribution in [1.29, 1.82) is 0 Å². The monoisotopic (exact) mass is 287 g/mol. The normalized spacial score (nSPS) is 25.1. The van der Waals surface area contributed by atoms with Gasteiger partial charge in [-0.3, -0.25) is 4.79 Å². The summed E-state index contributed by atoms with van der Waals surface area (Å²) in [5.41, 5.74) is 2.55. The standard InChI is InChI=1S/C17H25N3O/c1-12(2)18-10-13-5-7-14(8-6-13)20-9-3-4-15-16(20)11-19-17(15)21/h5-8,12,15-16,18H,3-4,9-11H2,1-2H3,(H,19,21). The van der Waals surface area contributed by atoms with Crippen LogP contribution in [0.2, 0.25) is 0 Å². The Bertz CT molecular complexity index is 497. The van der Waals surface area contributed by atoms with E-state index in [1.165, 1.54) is 11.3 Å². The molecule has 2 saturated heterocycles. The highest BCUT2D eigenvalue weighted by Crippen LogP contribution is 2.31. The molecule has 3 rings (SSSR count). The molecule has 4 nitrogen and oxygen atoms in total. The summed E-state index contributed by atoms with van der Waals surface area (Å²) in [6.07, 6.45) is 2.13. The molecular weight excluding hydrogens is 262 g/mol. The molecule has 1 aromatic rings. The van der Waals surface area contributed by atoms with Crippen molar-refractivity contribution in [2.45, 2.75) is 45.3 Å². The number of carbonyl (C=O) groups excluding carboxylic acids is 1. The van der Waals surface area contributed by atoms with Gasteiger partial charge in [-0.2, -0.15) is 0 Å². The van der Waals surface area contributed by atoms with Crippen molar-refractivity contribution in [1.82, 2.24) is 10.6 Å². The number of piperidine rings is 1. The largest absolute Gasteiger partial charge is 0.366 e. The van der Waals surface area contributed by atoms with Gasteiger partial charge in [-0.05, 0) is 30.5 Å². The van der Waals surface area contributed by atoms with Crippen molar-refractivity contribution >= 4 is 11.6 Å². The molecule has 2 unspecified atom stereocenters. The van der Waals surface area contributed by atoms with E-state index in [1.54, 1.807) is 0 Å². The quantitative estimate of drug-likeness (QED) is 0.889. The van der Waals surface area contributed by atoms with E-state index in [9.17, 15) is 4.79 Å². The number of nitrogens with one attached hydrogen (secondary N) is 2. The maximum atomic E-state index is 11.8. The lowest BCUT2D eigenvalue weighted by Crippen LogP contribution is -2.45. The molecule has 0 spiro atoms. The molecule has 0 aliphatic carbocycles. The molecule has 2 atom stereocenters. The van der Waals surface area contributed by atoms with E-state index in [4.69, 9.17) is 0 Å². The van der Waals surface area contributed by atoms with Crippen molar-refractivity contribution in [2.24, 2.45) is 5.92 Å². The van der Waals surface area contributed by atoms with Crippen LogP contribution in [0, 0.1) is 5.92 Å². The summed E-state index contributed by atoms with van der Waals surface area (Å²) < 4.78 is 0. The lowest BCUT2D eigenvalue weighted by molar-refractivity contribution is -0.122. The molecule has 2 fully saturated rings. The highest BCUT2D eigenvalue weighted by Gasteiger charge is 2.40. The zero-order valence-electron chi connectivity index (χ0n) is 12.9. The van der Waals surface area contributed by atoms with E-state index >= 15 is 0 Å². The number of amides is 1. The molecule has 1 amide bonds. The molecule has 0 radical (unpaired) electrons. The van der Waals surface area contributed by atoms with Crippen molar-refractivity contribution in [3.63, 3.8) is 0 Å². The second-order valence-electron chi connectivity index (χ2n) is 6.46. The first-order valence-electron chi connectivity index (χ1n) is 8.02. The van der Waals surface area contributed by atoms with Crippen LogP contribution in [0.4, 0.5) is 5.69 Å². The minimum Gasteiger partial charge on any atom is -0.366 e. The van der Waals surface area contributed by atoms with Gasteiger partial charge in [0.25, 0.3) is 0 Å². The second-order valence-corrected chi connectivity index (χ2v) is 6.46. The van der Waals surface area contributed by atoms with Crippen LogP contribution >= 0.6 is 0 Å². The molecular formula is C17H25N3O. The molecule has 21 heavy (non-hydrogen) atoms. The van der Waals surface area contributed by atoms with Crippen molar-refractivity contribution in [3.05, 3.63) is 29.8 Å². The fourth-order valence-electron chi connectivity index (χ4n) is 3.40. The highest BCUT2D eigenvalue weighted by molar-refractivity contribution is 5.83. The van der Waals surface area contributed by atoms with Crippen LogP contribution in [0.5, 0.6) is 0 Å². The van der Waals surface area contributed by atoms with E-state index in [0.29, 0.717) is 12.1 Å². The van der Waals surface area contributed by atoms with Gasteiger partial charge in [0.15, 0.2) is 0 Å². The van der Waals surface area contributed by atoms with Crippen LogP contribution in [0.1, 0.15) is 32.3 Å². The predicted octanol–water partition coefficient (Wildman–Crippen LogP) is 1.90. The van der Waals surface area contributed by atoms with E-state index in [1.807, 2.05) is 0 Å². The van der Waals surface area contributed by atoms with Gasteiger partial charge in [-0.15, -0.1) is 0 Å². The number of fused-ring (bicyclic) bond motifs is 1. The number of rotatable bonds is 4. The fraction of sp³-hybridized carbons (Fsp3) is 0.588. The van der Waals surface area contributed by atoms with Crippen LogP contribution in [0.25, 0.3) is 0 Å². The lowest BCUT2D eigenvalue weighted by Gasteiger charge is -2.37. The van der Waals surface area contributed by atoms with Gasteiger partial charge in [0, 0.05) is 31.4 Å². The molecule has 2 N–H and O–H groups in total. The summed E-state index contributed by atoms with van der Waals surface area (Å²) in [6.45, 7) is 7.07. The van der Waals surface area contributed by atoms with Crippen LogP contribution in [0.15, 0.2) is 24.3 Å². The number of hydrogen-bond donors (Lipinski definition) is 2. The Balaban J connectivity index is 1.70. The lowest BCUT2D eigenvalue weighted by atomic mass is 9.91. The summed E-state index contributed by atoms with van der Waals surface area (Å²) in [5.74, 6) is 0.420. The molecule has 1 aromatic carbocycles. The van der Waals surface area contributed by atoms with Gasteiger partial charge < -0.3 is 15.5 Å². The summed E-state index contributed by atoms with van der Waals surface area (Å²) in [4.78, 5) is 14.3. The third-order valence-electron chi connectivity index (χ3n) is 4.58. The van der Waals surface area contributed by atoms with Crippen molar-refractivity contribution < 1.29 is 4.79 Å². The highest BCUT2D eigenvalue weighted by atomic mass is 16.2. The SMILES string of the molecule is CC(C)NCc1ccc(N2CCCC3C(=O)NCC32)cc1. The number of anilines is 1. The molecule has 2 aliphatic heterocycles. The zero-order chi connectivity index (χ0) is 14.8. The fourth-order valence-corrected chi connectivity index (χ4v) is 3.40. The first-order chi connectivity index (χ1) is 10.1. The Morgan fingerprint density at radius 3 is 2.81 bits per heavy atom. The van der Waals surface area contributed by atoms with Gasteiger partial charge in [0.2, 0.25) is 5.91 Å². The second kappa shape index (κ2) is 6.06. The summed E-state index contributed by atoms with van der Waals surface area (Å²) in [5, 5.41) is 6.45. The maximum absolute atomic E-state index is 11.8. The van der Waals surface area contributed by atoms with Crippen LogP contribution in [-0.4, -0.2) is 31.1 Å². The number of hydrogen-bond acceptors (Lipinski definition) is 3. The molecule has 4 heteroatoms. The van der Waals surface area contributed by atoms with E-state index in [2.05, 4.69) is 53.6 Å². The first kappa shape index (κ1) is 14.4. The Hall–Kier alpha value is -1.55. The maximum Gasteiger partial charge on any atom is 0.225 e. The van der Waals surface area contributed by atoms with Gasteiger partial charge in [0.1, 0.15) is 0 Å². The third kappa shape index (κ3) is 3.05. The molecule has 2 heterocycles. The topological polar surface area (TPSA) is 44.4 Å². The Morgan fingerprint density at radius 1 is 1.33 bits per heavy atom. The molecule has 2 aliphatic rings. The summed E-state index contributed by atoms with van der Waals surface area (Å²) in [7, 11) is 0. The van der Waals surface area contributed by atoms with E-state index in [-0.39, 0.29) is 11.8 Å². The molecule has 0 saturated carbocycles. The van der Waals surface area contributed by atoms with E-state index < -0.39 is 0 Å².